The SMILES string of the molecule is CCN1CC=C(C(C)(C)C)C=C1c1ccccc1. The Kier molecular flexibility index (Phi) is 3.60. The molecule has 1 aromatic rings. The lowest BCUT2D eigenvalue weighted by atomic mass is 9.83. The van der Waals surface area contributed by atoms with Gasteiger partial charge in [0.05, 0.1) is 0 Å². The zero-order valence-corrected chi connectivity index (χ0v) is 11.9. The monoisotopic (exact) mass is 241 g/mol. The zero-order chi connectivity index (χ0) is 13.2. The van der Waals surface area contributed by atoms with Crippen LogP contribution in [0.15, 0.2) is 48.1 Å². The van der Waals surface area contributed by atoms with Crippen LogP contribution in [-0.2, 0) is 0 Å². The standard InChI is InChI=1S/C17H23N/c1-5-18-12-11-15(17(2,3)4)13-16(18)14-9-7-6-8-10-14/h6-11,13H,5,12H2,1-4H3. The summed E-state index contributed by atoms with van der Waals surface area (Å²) in [5.74, 6) is 0. The number of hydrogen-bond donors (Lipinski definition) is 0. The molecule has 0 atom stereocenters. The van der Waals surface area contributed by atoms with E-state index in [-0.39, 0.29) is 5.41 Å². The molecule has 0 radical (unpaired) electrons. The summed E-state index contributed by atoms with van der Waals surface area (Å²) in [6.07, 6.45) is 4.71. The molecule has 0 N–H and O–H groups in total. The number of benzene rings is 1. The summed E-state index contributed by atoms with van der Waals surface area (Å²) in [4.78, 5) is 2.42. The maximum atomic E-state index is 2.42. The molecule has 1 heteroatoms. The van der Waals surface area contributed by atoms with Crippen LogP contribution in [0.1, 0.15) is 33.3 Å². The van der Waals surface area contributed by atoms with Gasteiger partial charge in [-0.15, -0.1) is 0 Å². The lowest BCUT2D eigenvalue weighted by molar-refractivity contribution is 0.440. The molecule has 0 amide bonds. The van der Waals surface area contributed by atoms with E-state index in [1.54, 1.807) is 0 Å². The number of likely N-dealkylation sites (N-methyl/N-ethyl adjacent to an activating group) is 1. The third-order valence-corrected chi connectivity index (χ3v) is 3.48. The predicted octanol–water partition coefficient (Wildman–Crippen LogP) is 4.34. The van der Waals surface area contributed by atoms with Crippen molar-refractivity contribution in [2.75, 3.05) is 13.1 Å². The van der Waals surface area contributed by atoms with Gasteiger partial charge in [0.25, 0.3) is 0 Å². The molecule has 1 nitrogen and oxygen atoms in total. The topological polar surface area (TPSA) is 3.24 Å². The maximum Gasteiger partial charge on any atom is 0.0445 e. The molecule has 0 saturated carbocycles. The van der Waals surface area contributed by atoms with Crippen molar-refractivity contribution < 1.29 is 0 Å². The predicted molar refractivity (Wildman–Crippen MR) is 79.2 cm³/mol. The highest BCUT2D eigenvalue weighted by Crippen LogP contribution is 2.33. The van der Waals surface area contributed by atoms with Crippen LogP contribution < -0.4 is 0 Å². The zero-order valence-electron chi connectivity index (χ0n) is 11.9. The average molecular weight is 241 g/mol. The maximum absolute atomic E-state index is 2.42. The normalized spacial score (nSPS) is 16.3. The van der Waals surface area contributed by atoms with Crippen LogP contribution in [0, 0.1) is 5.41 Å². The van der Waals surface area contributed by atoms with Crippen molar-refractivity contribution in [2.24, 2.45) is 5.41 Å². The molecule has 1 heterocycles. The summed E-state index contributed by atoms with van der Waals surface area (Å²) in [6, 6.07) is 10.7. The molecule has 1 aromatic carbocycles. The Labute approximate surface area is 111 Å². The average Bonchev–Trinajstić information content (AvgIpc) is 2.38. The van der Waals surface area contributed by atoms with Crippen LogP contribution in [-0.4, -0.2) is 18.0 Å². The number of nitrogens with zero attached hydrogens (tertiary/aromatic N) is 1. The summed E-state index contributed by atoms with van der Waals surface area (Å²) in [6.45, 7) is 11.1. The minimum atomic E-state index is 0.222. The molecule has 18 heavy (non-hydrogen) atoms. The molecule has 2 rings (SSSR count). The summed E-state index contributed by atoms with van der Waals surface area (Å²) < 4.78 is 0. The first-order valence-electron chi connectivity index (χ1n) is 6.75. The van der Waals surface area contributed by atoms with E-state index >= 15 is 0 Å². The second kappa shape index (κ2) is 5.01. The highest BCUT2D eigenvalue weighted by atomic mass is 15.1. The molecule has 0 bridgehead atoms. The Balaban J connectivity index is 2.40. The summed E-state index contributed by atoms with van der Waals surface area (Å²) in [5, 5.41) is 0. The summed E-state index contributed by atoms with van der Waals surface area (Å²) in [5.41, 5.74) is 4.32. The van der Waals surface area contributed by atoms with Crippen molar-refractivity contribution in [2.45, 2.75) is 27.7 Å². The number of hydrogen-bond acceptors (Lipinski definition) is 1. The first-order valence-corrected chi connectivity index (χ1v) is 6.75. The Morgan fingerprint density at radius 3 is 2.33 bits per heavy atom. The van der Waals surface area contributed by atoms with Gasteiger partial charge in [0.1, 0.15) is 0 Å². The number of rotatable bonds is 2. The van der Waals surface area contributed by atoms with Crippen LogP contribution in [0.2, 0.25) is 0 Å². The van der Waals surface area contributed by atoms with Gasteiger partial charge in [-0.1, -0.05) is 57.2 Å². The highest BCUT2D eigenvalue weighted by molar-refractivity contribution is 5.68. The second-order valence-electron chi connectivity index (χ2n) is 5.84. The molecule has 0 aliphatic carbocycles. The van der Waals surface area contributed by atoms with E-state index in [1.807, 2.05) is 0 Å². The van der Waals surface area contributed by atoms with Crippen molar-refractivity contribution in [3.63, 3.8) is 0 Å². The van der Waals surface area contributed by atoms with Crippen molar-refractivity contribution >= 4 is 5.70 Å². The van der Waals surface area contributed by atoms with Crippen LogP contribution in [0.3, 0.4) is 0 Å². The lowest BCUT2D eigenvalue weighted by Gasteiger charge is -2.33. The molecule has 0 fully saturated rings. The van der Waals surface area contributed by atoms with E-state index in [0.29, 0.717) is 0 Å². The Hall–Kier alpha value is -1.50. The van der Waals surface area contributed by atoms with Gasteiger partial charge in [-0.25, -0.2) is 0 Å². The molecule has 0 spiro atoms. The van der Waals surface area contributed by atoms with Crippen LogP contribution >= 0.6 is 0 Å². The van der Waals surface area contributed by atoms with Gasteiger partial charge < -0.3 is 4.90 Å². The molecule has 0 unspecified atom stereocenters. The molecular weight excluding hydrogens is 218 g/mol. The van der Waals surface area contributed by atoms with Crippen molar-refractivity contribution in [3.05, 3.63) is 53.6 Å². The van der Waals surface area contributed by atoms with E-state index in [1.165, 1.54) is 16.8 Å². The lowest BCUT2D eigenvalue weighted by Crippen LogP contribution is -2.26. The van der Waals surface area contributed by atoms with Crippen molar-refractivity contribution in [1.82, 2.24) is 4.90 Å². The van der Waals surface area contributed by atoms with Crippen molar-refractivity contribution in [3.8, 4) is 0 Å². The van der Waals surface area contributed by atoms with Gasteiger partial charge in [0, 0.05) is 18.8 Å². The summed E-state index contributed by atoms with van der Waals surface area (Å²) >= 11 is 0. The van der Waals surface area contributed by atoms with Crippen LogP contribution in [0.5, 0.6) is 0 Å². The van der Waals surface area contributed by atoms with E-state index in [0.717, 1.165) is 13.1 Å². The van der Waals surface area contributed by atoms with E-state index < -0.39 is 0 Å². The largest absolute Gasteiger partial charge is 0.368 e. The molecular formula is C17H23N. The first-order chi connectivity index (χ1) is 8.52. The van der Waals surface area contributed by atoms with Gasteiger partial charge in [0.2, 0.25) is 0 Å². The minimum absolute atomic E-state index is 0.222. The Morgan fingerprint density at radius 2 is 1.78 bits per heavy atom. The minimum Gasteiger partial charge on any atom is -0.368 e. The fraction of sp³-hybridized carbons (Fsp3) is 0.412. The van der Waals surface area contributed by atoms with Gasteiger partial charge in [-0.3, -0.25) is 0 Å². The molecule has 96 valence electrons. The second-order valence-corrected chi connectivity index (χ2v) is 5.84. The van der Waals surface area contributed by atoms with Gasteiger partial charge >= 0.3 is 0 Å². The van der Waals surface area contributed by atoms with Gasteiger partial charge in [0.15, 0.2) is 0 Å². The quantitative estimate of drug-likeness (QED) is 0.744. The fourth-order valence-electron chi connectivity index (χ4n) is 2.30. The third-order valence-electron chi connectivity index (χ3n) is 3.48. The van der Waals surface area contributed by atoms with Gasteiger partial charge in [-0.05, 0) is 29.6 Å². The summed E-state index contributed by atoms with van der Waals surface area (Å²) in [7, 11) is 0. The number of allylic oxidation sites excluding steroid dienone is 2. The third kappa shape index (κ3) is 2.66. The highest BCUT2D eigenvalue weighted by Gasteiger charge is 2.21. The first kappa shape index (κ1) is 12.9. The smallest absolute Gasteiger partial charge is 0.0445 e. The van der Waals surface area contributed by atoms with Crippen LogP contribution in [0.25, 0.3) is 5.70 Å². The molecule has 1 aliphatic rings. The van der Waals surface area contributed by atoms with Crippen molar-refractivity contribution in [1.29, 1.82) is 0 Å². The van der Waals surface area contributed by atoms with E-state index in [4.69, 9.17) is 0 Å². The van der Waals surface area contributed by atoms with E-state index in [2.05, 4.69) is 75.1 Å². The Bertz CT molecular complexity index is 460. The Morgan fingerprint density at radius 1 is 1.11 bits per heavy atom. The molecule has 0 saturated heterocycles. The molecule has 0 aromatic heterocycles. The van der Waals surface area contributed by atoms with Crippen LogP contribution in [0.4, 0.5) is 0 Å². The molecule has 1 aliphatic heterocycles. The van der Waals surface area contributed by atoms with E-state index in [9.17, 15) is 0 Å². The van der Waals surface area contributed by atoms with Gasteiger partial charge in [-0.2, -0.15) is 0 Å². The fourth-order valence-corrected chi connectivity index (χ4v) is 2.30.